The molecule has 5 heteroatoms. The Labute approximate surface area is 143 Å². The summed E-state index contributed by atoms with van der Waals surface area (Å²) in [5, 5.41) is 6.20. The largest absolute Gasteiger partial charge is 0.352 e. The fraction of sp³-hybridized carbons (Fsp3) is 0.579. The van der Waals surface area contributed by atoms with E-state index in [0.29, 0.717) is 6.42 Å². The number of aryl methyl sites for hydroxylation is 1. The summed E-state index contributed by atoms with van der Waals surface area (Å²) in [6.07, 6.45) is 5.21. The molecule has 0 aromatic heterocycles. The zero-order valence-electron chi connectivity index (χ0n) is 14.4. The van der Waals surface area contributed by atoms with Gasteiger partial charge in [0.05, 0.1) is 6.04 Å². The van der Waals surface area contributed by atoms with Crippen LogP contribution in [0.5, 0.6) is 0 Å². The summed E-state index contributed by atoms with van der Waals surface area (Å²) < 4.78 is 0. The number of amides is 2. The predicted octanol–water partition coefficient (Wildman–Crippen LogP) is 2.32. The van der Waals surface area contributed by atoms with Crippen molar-refractivity contribution in [1.82, 2.24) is 10.2 Å². The highest BCUT2D eigenvalue weighted by atomic mass is 16.2. The van der Waals surface area contributed by atoms with Crippen LogP contribution in [-0.4, -0.2) is 41.9 Å². The molecule has 1 aromatic rings. The Kier molecular flexibility index (Phi) is 5.51. The molecule has 2 N–H and O–H groups in total. The van der Waals surface area contributed by atoms with Gasteiger partial charge in [-0.3, -0.25) is 14.5 Å². The van der Waals surface area contributed by atoms with E-state index in [-0.39, 0.29) is 23.9 Å². The molecule has 24 heavy (non-hydrogen) atoms. The van der Waals surface area contributed by atoms with Gasteiger partial charge in [-0.15, -0.1) is 0 Å². The van der Waals surface area contributed by atoms with E-state index >= 15 is 0 Å². The number of anilines is 1. The molecule has 0 saturated carbocycles. The highest BCUT2D eigenvalue weighted by molar-refractivity contribution is 5.96. The molecule has 1 fully saturated rings. The maximum Gasteiger partial charge on any atom is 0.241 e. The van der Waals surface area contributed by atoms with Gasteiger partial charge in [-0.25, -0.2) is 0 Å². The van der Waals surface area contributed by atoms with E-state index in [9.17, 15) is 9.59 Å². The monoisotopic (exact) mass is 329 g/mol. The Morgan fingerprint density at radius 1 is 1.33 bits per heavy atom. The van der Waals surface area contributed by atoms with Crippen molar-refractivity contribution in [2.75, 3.05) is 18.4 Å². The molecule has 2 atom stereocenters. The molecule has 0 bridgehead atoms. The van der Waals surface area contributed by atoms with Crippen LogP contribution in [0.1, 0.15) is 44.6 Å². The topological polar surface area (TPSA) is 61.4 Å². The average molecular weight is 329 g/mol. The fourth-order valence-corrected chi connectivity index (χ4v) is 3.78. The highest BCUT2D eigenvalue weighted by Gasteiger charge is 2.32. The maximum absolute atomic E-state index is 12.7. The number of hydrogen-bond acceptors (Lipinski definition) is 3. The van der Waals surface area contributed by atoms with E-state index in [4.69, 9.17) is 0 Å². The summed E-state index contributed by atoms with van der Waals surface area (Å²) in [6, 6.07) is 8.09. The Hall–Kier alpha value is -1.88. The fourth-order valence-electron chi connectivity index (χ4n) is 3.78. The lowest BCUT2D eigenvalue weighted by atomic mass is 10.00. The first kappa shape index (κ1) is 17.0. The van der Waals surface area contributed by atoms with Crippen molar-refractivity contribution < 1.29 is 9.59 Å². The van der Waals surface area contributed by atoms with Gasteiger partial charge in [0, 0.05) is 24.7 Å². The second kappa shape index (κ2) is 7.79. The number of para-hydroxylation sites is 1. The summed E-state index contributed by atoms with van der Waals surface area (Å²) in [5.41, 5.74) is 2.15. The molecular formula is C19H27N3O2. The van der Waals surface area contributed by atoms with Gasteiger partial charge in [-0.2, -0.15) is 0 Å². The first-order valence-corrected chi connectivity index (χ1v) is 9.09. The van der Waals surface area contributed by atoms with Crippen LogP contribution in [0.25, 0.3) is 0 Å². The van der Waals surface area contributed by atoms with Crippen molar-refractivity contribution in [2.24, 2.45) is 0 Å². The number of fused-ring (bicyclic) bond motifs is 1. The second-order valence-electron chi connectivity index (χ2n) is 6.85. The van der Waals surface area contributed by atoms with Gasteiger partial charge >= 0.3 is 0 Å². The maximum atomic E-state index is 12.7. The van der Waals surface area contributed by atoms with Crippen molar-refractivity contribution in [1.29, 1.82) is 0 Å². The van der Waals surface area contributed by atoms with E-state index in [1.807, 2.05) is 25.1 Å². The summed E-state index contributed by atoms with van der Waals surface area (Å²) in [7, 11) is 0. The van der Waals surface area contributed by atoms with Crippen LogP contribution in [0.2, 0.25) is 0 Å². The lowest BCUT2D eigenvalue weighted by Crippen LogP contribution is -2.53. The number of piperidine rings is 1. The molecule has 2 aliphatic heterocycles. The quantitative estimate of drug-likeness (QED) is 0.891. The van der Waals surface area contributed by atoms with Crippen molar-refractivity contribution >= 4 is 17.5 Å². The third-order valence-electron chi connectivity index (χ3n) is 5.00. The minimum atomic E-state index is -0.108. The Morgan fingerprint density at radius 3 is 3.00 bits per heavy atom. The van der Waals surface area contributed by atoms with E-state index in [0.717, 1.165) is 50.9 Å². The standard InChI is InChI=1S/C19H27N3O2/c1-2-6-18(23)20-15-8-5-12-22(13-15)17-11-10-14-7-3-4-9-16(14)21-19(17)24/h3-4,7,9,15,17H,2,5-6,8,10-13H2,1H3,(H,20,23)(H,21,24). The van der Waals surface area contributed by atoms with Crippen molar-refractivity contribution in [3.63, 3.8) is 0 Å². The summed E-state index contributed by atoms with van der Waals surface area (Å²) in [5.74, 6) is 0.211. The van der Waals surface area contributed by atoms with Gasteiger partial charge < -0.3 is 10.6 Å². The summed E-state index contributed by atoms with van der Waals surface area (Å²) >= 11 is 0. The summed E-state index contributed by atoms with van der Waals surface area (Å²) in [4.78, 5) is 26.8. The zero-order valence-corrected chi connectivity index (χ0v) is 14.4. The predicted molar refractivity (Wildman–Crippen MR) is 94.8 cm³/mol. The number of rotatable bonds is 4. The van der Waals surface area contributed by atoms with Gasteiger partial charge in [0.15, 0.2) is 0 Å². The number of nitrogens with one attached hydrogen (secondary N) is 2. The first-order chi connectivity index (χ1) is 11.7. The third-order valence-corrected chi connectivity index (χ3v) is 5.00. The SMILES string of the molecule is CCCC(=O)NC1CCCN(C2CCc3ccccc3NC2=O)C1. The molecule has 5 nitrogen and oxygen atoms in total. The molecule has 0 spiro atoms. The molecule has 130 valence electrons. The number of likely N-dealkylation sites (tertiary alicyclic amines) is 1. The normalized spacial score (nSPS) is 24.6. The van der Waals surface area contributed by atoms with Crippen molar-refractivity contribution in [3.8, 4) is 0 Å². The molecule has 2 amide bonds. The summed E-state index contributed by atoms with van der Waals surface area (Å²) in [6.45, 7) is 3.71. The van der Waals surface area contributed by atoms with E-state index in [2.05, 4.69) is 21.6 Å². The molecule has 2 aliphatic rings. The molecule has 3 rings (SSSR count). The number of carbonyl (C=O) groups is 2. The van der Waals surface area contributed by atoms with Gasteiger partial charge in [-0.1, -0.05) is 25.1 Å². The Bertz CT molecular complexity index is 602. The second-order valence-corrected chi connectivity index (χ2v) is 6.85. The van der Waals surface area contributed by atoms with Crippen LogP contribution < -0.4 is 10.6 Å². The first-order valence-electron chi connectivity index (χ1n) is 9.09. The number of carbonyl (C=O) groups excluding carboxylic acids is 2. The third kappa shape index (κ3) is 3.96. The van der Waals surface area contributed by atoms with E-state index < -0.39 is 0 Å². The van der Waals surface area contributed by atoms with Crippen molar-refractivity contribution in [3.05, 3.63) is 29.8 Å². The smallest absolute Gasteiger partial charge is 0.241 e. The van der Waals surface area contributed by atoms with Crippen LogP contribution in [0.4, 0.5) is 5.69 Å². The van der Waals surface area contributed by atoms with Crippen LogP contribution in [0, 0.1) is 0 Å². The minimum absolute atomic E-state index is 0.0838. The average Bonchev–Trinajstić information content (AvgIpc) is 2.73. The molecule has 2 heterocycles. The van der Waals surface area contributed by atoms with Gasteiger partial charge in [0.1, 0.15) is 0 Å². The number of benzene rings is 1. The van der Waals surface area contributed by atoms with Crippen molar-refractivity contribution in [2.45, 2.75) is 57.5 Å². The molecule has 2 unspecified atom stereocenters. The lowest BCUT2D eigenvalue weighted by Gasteiger charge is -2.37. The van der Waals surface area contributed by atoms with Gasteiger partial charge in [0.2, 0.25) is 11.8 Å². The van der Waals surface area contributed by atoms with Gasteiger partial charge in [-0.05, 0) is 50.3 Å². The lowest BCUT2D eigenvalue weighted by molar-refractivity contribution is -0.123. The Balaban J connectivity index is 1.63. The molecule has 1 aromatic carbocycles. The molecule has 0 aliphatic carbocycles. The van der Waals surface area contributed by atoms with Crippen LogP contribution in [0.15, 0.2) is 24.3 Å². The Morgan fingerprint density at radius 2 is 2.17 bits per heavy atom. The minimum Gasteiger partial charge on any atom is -0.352 e. The molecule has 1 saturated heterocycles. The zero-order chi connectivity index (χ0) is 16.9. The number of nitrogens with zero attached hydrogens (tertiary/aromatic N) is 1. The highest BCUT2D eigenvalue weighted by Crippen LogP contribution is 2.25. The van der Waals surface area contributed by atoms with Crippen LogP contribution in [0.3, 0.4) is 0 Å². The molecular weight excluding hydrogens is 302 g/mol. The van der Waals surface area contributed by atoms with E-state index in [1.54, 1.807) is 0 Å². The van der Waals surface area contributed by atoms with Crippen LogP contribution >= 0.6 is 0 Å². The van der Waals surface area contributed by atoms with E-state index in [1.165, 1.54) is 5.56 Å². The van der Waals surface area contributed by atoms with Crippen LogP contribution in [-0.2, 0) is 16.0 Å². The van der Waals surface area contributed by atoms with Gasteiger partial charge in [0.25, 0.3) is 0 Å². The molecule has 0 radical (unpaired) electrons. The number of hydrogen-bond donors (Lipinski definition) is 2.